The Labute approximate surface area is 173 Å². The Balaban J connectivity index is 0.00000131. The quantitative estimate of drug-likeness (QED) is 0.786. The molecule has 2 unspecified atom stereocenters. The number of amides is 1. The Kier molecular flexibility index (Phi) is 8.34. The number of rotatable bonds is 5. The van der Waals surface area contributed by atoms with Crippen LogP contribution in [0.25, 0.3) is 0 Å². The molecular weight excluding hydrogens is 389 g/mol. The molecule has 2 atom stereocenters. The van der Waals surface area contributed by atoms with E-state index in [0.717, 1.165) is 44.8 Å². The Bertz CT molecular complexity index is 594. The van der Waals surface area contributed by atoms with E-state index in [0.29, 0.717) is 36.3 Å². The number of nitrogens with one attached hydrogen (secondary N) is 1. The summed E-state index contributed by atoms with van der Waals surface area (Å²) >= 11 is 0. The molecule has 2 bridgehead atoms. The van der Waals surface area contributed by atoms with Crippen LogP contribution in [0.2, 0.25) is 0 Å². The lowest BCUT2D eigenvalue weighted by Crippen LogP contribution is -2.49. The minimum atomic E-state index is 0. The van der Waals surface area contributed by atoms with Gasteiger partial charge in [-0.15, -0.1) is 24.8 Å². The summed E-state index contributed by atoms with van der Waals surface area (Å²) in [5.41, 5.74) is 0. The monoisotopic (exact) mass is 419 g/mol. The highest BCUT2D eigenvalue weighted by molar-refractivity contribution is 5.85. The lowest BCUT2D eigenvalue weighted by Gasteiger charge is -2.36. The maximum Gasteiger partial charge on any atom is 0.226 e. The summed E-state index contributed by atoms with van der Waals surface area (Å²) in [5.74, 6) is 2.37. The second kappa shape index (κ2) is 10.0. The highest BCUT2D eigenvalue weighted by atomic mass is 35.5. The fourth-order valence-electron chi connectivity index (χ4n) is 4.57. The zero-order valence-corrected chi connectivity index (χ0v) is 17.6. The molecule has 27 heavy (non-hydrogen) atoms. The predicted octanol–water partition coefficient (Wildman–Crippen LogP) is 2.04. The predicted molar refractivity (Wildman–Crippen MR) is 107 cm³/mol. The maximum atomic E-state index is 12.7. The zero-order valence-electron chi connectivity index (χ0n) is 15.9. The number of aromatic nitrogens is 2. The number of piperazine rings is 1. The van der Waals surface area contributed by atoms with Gasteiger partial charge in [0, 0.05) is 51.1 Å². The van der Waals surface area contributed by atoms with Gasteiger partial charge in [0.1, 0.15) is 0 Å². The Morgan fingerprint density at radius 3 is 2.41 bits per heavy atom. The molecule has 1 amide bonds. The summed E-state index contributed by atoms with van der Waals surface area (Å²) in [6.07, 6.45) is 6.46. The summed E-state index contributed by atoms with van der Waals surface area (Å²) in [5, 5.41) is 7.68. The number of fused-ring (bicyclic) bond motifs is 2. The number of hydrogen-bond acceptors (Lipinski definition) is 6. The van der Waals surface area contributed by atoms with Gasteiger partial charge in [0.05, 0.1) is 6.54 Å². The Morgan fingerprint density at radius 2 is 1.81 bits per heavy atom. The number of carbonyl (C=O) groups excluding carboxylic acids is 1. The van der Waals surface area contributed by atoms with Gasteiger partial charge in [-0.3, -0.25) is 9.69 Å². The largest absolute Gasteiger partial charge is 0.340 e. The van der Waals surface area contributed by atoms with Crippen LogP contribution < -0.4 is 5.32 Å². The molecule has 1 N–H and O–H groups in total. The van der Waals surface area contributed by atoms with Crippen LogP contribution in [0.15, 0.2) is 4.52 Å². The van der Waals surface area contributed by atoms with E-state index in [2.05, 4.69) is 20.4 Å². The topological polar surface area (TPSA) is 74.5 Å². The number of carbonyl (C=O) groups is 1. The molecule has 1 aromatic rings. The van der Waals surface area contributed by atoms with Crippen molar-refractivity contribution in [2.45, 2.75) is 64.1 Å². The van der Waals surface area contributed by atoms with Gasteiger partial charge in [-0.05, 0) is 31.6 Å². The molecule has 4 rings (SSSR count). The molecule has 4 heterocycles. The van der Waals surface area contributed by atoms with Crippen LogP contribution in [0.4, 0.5) is 0 Å². The number of piperidine rings is 1. The van der Waals surface area contributed by atoms with Gasteiger partial charge >= 0.3 is 0 Å². The van der Waals surface area contributed by atoms with Crippen molar-refractivity contribution in [2.24, 2.45) is 5.92 Å². The fraction of sp³-hybridized carbons (Fsp3) is 0.833. The van der Waals surface area contributed by atoms with Gasteiger partial charge in [0.25, 0.3) is 0 Å². The average molecular weight is 420 g/mol. The van der Waals surface area contributed by atoms with Crippen LogP contribution in [0.5, 0.6) is 0 Å². The van der Waals surface area contributed by atoms with E-state index >= 15 is 0 Å². The minimum Gasteiger partial charge on any atom is -0.340 e. The van der Waals surface area contributed by atoms with Crippen molar-refractivity contribution in [3.05, 3.63) is 11.7 Å². The third-order valence-corrected chi connectivity index (χ3v) is 5.94. The van der Waals surface area contributed by atoms with Crippen molar-refractivity contribution in [3.63, 3.8) is 0 Å². The summed E-state index contributed by atoms with van der Waals surface area (Å²) in [6.45, 7) is 6.13. The van der Waals surface area contributed by atoms with Crippen LogP contribution in [-0.4, -0.2) is 64.1 Å². The summed E-state index contributed by atoms with van der Waals surface area (Å²) in [6, 6.07) is 1.33. The molecule has 1 aromatic heterocycles. The molecule has 0 radical (unpaired) electrons. The van der Waals surface area contributed by atoms with Crippen molar-refractivity contribution in [3.8, 4) is 0 Å². The lowest BCUT2D eigenvalue weighted by atomic mass is 9.89. The molecule has 3 aliphatic rings. The van der Waals surface area contributed by atoms with Crippen LogP contribution >= 0.6 is 24.8 Å². The first-order valence-corrected chi connectivity index (χ1v) is 9.77. The van der Waals surface area contributed by atoms with Gasteiger partial charge in [-0.25, -0.2) is 0 Å². The van der Waals surface area contributed by atoms with Crippen LogP contribution in [-0.2, 0) is 17.8 Å². The molecule has 3 aliphatic heterocycles. The van der Waals surface area contributed by atoms with Crippen molar-refractivity contribution >= 4 is 30.7 Å². The zero-order chi connectivity index (χ0) is 17.2. The summed E-state index contributed by atoms with van der Waals surface area (Å²) < 4.78 is 5.16. The second-order valence-electron chi connectivity index (χ2n) is 7.79. The van der Waals surface area contributed by atoms with Crippen molar-refractivity contribution in [2.75, 3.05) is 26.2 Å². The maximum absolute atomic E-state index is 12.7. The van der Waals surface area contributed by atoms with E-state index < -0.39 is 0 Å². The van der Waals surface area contributed by atoms with Gasteiger partial charge < -0.3 is 14.7 Å². The van der Waals surface area contributed by atoms with Gasteiger partial charge in [0.15, 0.2) is 5.82 Å². The first kappa shape index (κ1) is 22.4. The normalized spacial score (nSPS) is 27.7. The van der Waals surface area contributed by atoms with E-state index in [4.69, 9.17) is 4.52 Å². The fourth-order valence-corrected chi connectivity index (χ4v) is 4.57. The van der Waals surface area contributed by atoms with E-state index in [9.17, 15) is 4.79 Å². The van der Waals surface area contributed by atoms with Crippen molar-refractivity contribution < 1.29 is 9.32 Å². The molecule has 0 aromatic carbocycles. The number of halogens is 2. The van der Waals surface area contributed by atoms with E-state index in [1.165, 1.54) is 25.7 Å². The van der Waals surface area contributed by atoms with E-state index in [1.807, 2.05) is 11.8 Å². The molecule has 0 spiro atoms. The number of aryl methyl sites for hydroxylation is 1. The minimum absolute atomic E-state index is 0. The molecule has 3 saturated heterocycles. The Hall–Kier alpha value is -0.890. The first-order valence-electron chi connectivity index (χ1n) is 9.77. The highest BCUT2D eigenvalue weighted by Gasteiger charge is 2.35. The molecule has 7 nitrogen and oxygen atoms in total. The highest BCUT2D eigenvalue weighted by Crippen LogP contribution is 2.33. The van der Waals surface area contributed by atoms with Crippen molar-refractivity contribution in [1.82, 2.24) is 25.3 Å². The molecule has 0 aliphatic carbocycles. The van der Waals surface area contributed by atoms with Crippen LogP contribution in [0.3, 0.4) is 0 Å². The van der Waals surface area contributed by atoms with Crippen molar-refractivity contribution in [1.29, 1.82) is 0 Å². The van der Waals surface area contributed by atoms with Gasteiger partial charge in [0.2, 0.25) is 11.8 Å². The van der Waals surface area contributed by atoms with Gasteiger partial charge in [-0.2, -0.15) is 4.98 Å². The SMILES string of the molecule is CCc1nc(CN2CCN(C(=O)CC3CC4CCC(C3)N4)CC2)no1.Cl.Cl. The summed E-state index contributed by atoms with van der Waals surface area (Å²) in [7, 11) is 0. The first-order chi connectivity index (χ1) is 12.2. The second-order valence-corrected chi connectivity index (χ2v) is 7.79. The smallest absolute Gasteiger partial charge is 0.226 e. The van der Waals surface area contributed by atoms with E-state index in [-0.39, 0.29) is 24.8 Å². The number of hydrogen-bond donors (Lipinski definition) is 1. The van der Waals surface area contributed by atoms with E-state index in [1.54, 1.807) is 0 Å². The Morgan fingerprint density at radius 1 is 1.15 bits per heavy atom. The van der Waals surface area contributed by atoms with Gasteiger partial charge in [-0.1, -0.05) is 12.1 Å². The third kappa shape index (κ3) is 5.56. The molecule has 3 fully saturated rings. The third-order valence-electron chi connectivity index (χ3n) is 5.94. The molecule has 154 valence electrons. The molecule has 0 saturated carbocycles. The molecule has 9 heteroatoms. The average Bonchev–Trinajstić information content (AvgIpc) is 3.21. The summed E-state index contributed by atoms with van der Waals surface area (Å²) in [4.78, 5) is 21.4. The lowest BCUT2D eigenvalue weighted by molar-refractivity contribution is -0.134. The van der Waals surface area contributed by atoms with Crippen LogP contribution in [0, 0.1) is 5.92 Å². The van der Waals surface area contributed by atoms with Crippen LogP contribution in [0.1, 0.15) is 50.7 Å². The standard InChI is InChI=1S/C18H29N5O2.2ClH/c1-2-17-20-16(21-25-17)12-22-5-7-23(8-6-22)18(24)11-13-9-14-3-4-15(10-13)19-14;;/h13-15,19H,2-12H2,1H3;2*1H. The molecular formula is C18H31Cl2N5O2. The number of nitrogens with zero attached hydrogens (tertiary/aromatic N) is 4.